The van der Waals surface area contributed by atoms with Gasteiger partial charge in [-0.1, -0.05) is 32.0 Å². The third-order valence-electron chi connectivity index (χ3n) is 3.13. The Morgan fingerprint density at radius 2 is 1.67 bits per heavy atom. The van der Waals surface area contributed by atoms with Crippen LogP contribution in [0.5, 0.6) is 0 Å². The van der Waals surface area contributed by atoms with Crippen LogP contribution in [0.15, 0.2) is 30.0 Å². The highest BCUT2D eigenvalue weighted by Crippen LogP contribution is 2.24. The molecule has 0 aromatic heterocycles. The van der Waals surface area contributed by atoms with Gasteiger partial charge in [0.15, 0.2) is 0 Å². The molecule has 5 nitrogen and oxygen atoms in total. The number of aryl methyl sites for hydroxylation is 2. The maximum atomic E-state index is 11.8. The summed E-state index contributed by atoms with van der Waals surface area (Å²) in [4.78, 5) is 23.2. The second-order valence-electron chi connectivity index (χ2n) is 4.36. The number of carbonyl (C=O) groups is 2. The van der Waals surface area contributed by atoms with E-state index in [1.165, 1.54) is 14.2 Å². The number of rotatable bonds is 6. The van der Waals surface area contributed by atoms with Gasteiger partial charge in [-0.25, -0.2) is 9.59 Å². The Bertz CT molecular complexity index is 527. The Kier molecular flexibility index (Phi) is 6.46. The maximum Gasteiger partial charge on any atom is 0.354 e. The first kappa shape index (κ1) is 16.8. The molecule has 0 aliphatic carbocycles. The lowest BCUT2D eigenvalue weighted by molar-refractivity contribution is -0.138. The van der Waals surface area contributed by atoms with Crippen molar-refractivity contribution in [2.45, 2.75) is 26.7 Å². The SMILES string of the molecule is CCc1cccc(CC)c1N/C(=C/C(=O)OC)C(=O)OC. The van der Waals surface area contributed by atoms with Gasteiger partial charge in [0.25, 0.3) is 0 Å². The Hall–Kier alpha value is -2.30. The highest BCUT2D eigenvalue weighted by atomic mass is 16.5. The van der Waals surface area contributed by atoms with Gasteiger partial charge in [0, 0.05) is 5.69 Å². The number of nitrogens with one attached hydrogen (secondary N) is 1. The van der Waals surface area contributed by atoms with Gasteiger partial charge in [0.1, 0.15) is 5.70 Å². The van der Waals surface area contributed by atoms with E-state index in [0.717, 1.165) is 35.7 Å². The van der Waals surface area contributed by atoms with Gasteiger partial charge < -0.3 is 14.8 Å². The summed E-state index contributed by atoms with van der Waals surface area (Å²) >= 11 is 0. The first-order chi connectivity index (χ1) is 10.1. The first-order valence-electron chi connectivity index (χ1n) is 6.83. The van der Waals surface area contributed by atoms with Gasteiger partial charge in [0.05, 0.1) is 20.3 Å². The molecule has 0 saturated heterocycles. The van der Waals surface area contributed by atoms with Crippen LogP contribution in [0, 0.1) is 0 Å². The largest absolute Gasteiger partial charge is 0.466 e. The molecule has 0 heterocycles. The van der Waals surface area contributed by atoms with Crippen LogP contribution in [-0.4, -0.2) is 26.2 Å². The molecular weight excluding hydrogens is 270 g/mol. The number of ether oxygens (including phenoxy) is 2. The molecule has 0 bridgehead atoms. The van der Waals surface area contributed by atoms with E-state index in [-0.39, 0.29) is 5.70 Å². The van der Waals surface area contributed by atoms with E-state index in [2.05, 4.69) is 10.1 Å². The second kappa shape index (κ2) is 8.09. The van der Waals surface area contributed by atoms with Crippen LogP contribution in [-0.2, 0) is 31.9 Å². The van der Waals surface area contributed by atoms with Gasteiger partial charge in [-0.2, -0.15) is 0 Å². The Balaban J connectivity index is 3.23. The fourth-order valence-corrected chi connectivity index (χ4v) is 1.97. The summed E-state index contributed by atoms with van der Waals surface area (Å²) in [5, 5.41) is 3.02. The minimum atomic E-state index is -0.617. The van der Waals surface area contributed by atoms with Crippen LogP contribution < -0.4 is 5.32 Å². The molecule has 0 amide bonds. The van der Waals surface area contributed by atoms with Crippen LogP contribution in [0.4, 0.5) is 5.69 Å². The second-order valence-corrected chi connectivity index (χ2v) is 4.36. The van der Waals surface area contributed by atoms with Crippen molar-refractivity contribution in [1.82, 2.24) is 0 Å². The fraction of sp³-hybridized carbons (Fsp3) is 0.375. The standard InChI is InChI=1S/C16H21NO4/c1-5-11-8-7-9-12(6-2)15(11)17-13(16(19)21-4)10-14(18)20-3/h7-10,17H,5-6H2,1-4H3/b13-10+. The molecule has 0 spiro atoms. The molecule has 0 fully saturated rings. The van der Waals surface area contributed by atoms with Gasteiger partial charge in [-0.05, 0) is 24.0 Å². The number of benzene rings is 1. The van der Waals surface area contributed by atoms with E-state index >= 15 is 0 Å². The van der Waals surface area contributed by atoms with E-state index in [9.17, 15) is 9.59 Å². The summed E-state index contributed by atoms with van der Waals surface area (Å²) in [5.41, 5.74) is 3.02. The van der Waals surface area contributed by atoms with E-state index < -0.39 is 11.9 Å². The van der Waals surface area contributed by atoms with E-state index in [1.807, 2.05) is 32.0 Å². The van der Waals surface area contributed by atoms with E-state index in [4.69, 9.17) is 4.74 Å². The molecule has 0 aliphatic rings. The summed E-state index contributed by atoms with van der Waals surface area (Å²) in [7, 11) is 2.52. The van der Waals surface area contributed by atoms with Gasteiger partial charge >= 0.3 is 11.9 Å². The fourth-order valence-electron chi connectivity index (χ4n) is 1.97. The van der Waals surface area contributed by atoms with Crippen molar-refractivity contribution in [1.29, 1.82) is 0 Å². The monoisotopic (exact) mass is 291 g/mol. The quantitative estimate of drug-likeness (QED) is 0.644. The van der Waals surface area contributed by atoms with Crippen molar-refractivity contribution in [3.05, 3.63) is 41.1 Å². The zero-order valence-electron chi connectivity index (χ0n) is 12.9. The molecular formula is C16H21NO4. The molecule has 0 aliphatic heterocycles. The summed E-state index contributed by atoms with van der Waals surface area (Å²) in [5.74, 6) is -1.23. The van der Waals surface area contributed by atoms with Crippen LogP contribution >= 0.6 is 0 Å². The minimum absolute atomic E-state index is 0.0555. The highest BCUT2D eigenvalue weighted by Gasteiger charge is 2.15. The van der Waals surface area contributed by atoms with Crippen LogP contribution in [0.25, 0.3) is 0 Å². The Morgan fingerprint density at radius 1 is 1.10 bits per heavy atom. The lowest BCUT2D eigenvalue weighted by Crippen LogP contribution is -2.17. The van der Waals surface area contributed by atoms with E-state index in [1.54, 1.807) is 0 Å². The van der Waals surface area contributed by atoms with Crippen molar-refractivity contribution in [3.8, 4) is 0 Å². The van der Waals surface area contributed by atoms with Gasteiger partial charge in [-0.3, -0.25) is 0 Å². The van der Waals surface area contributed by atoms with Crippen molar-refractivity contribution >= 4 is 17.6 Å². The molecule has 1 aromatic carbocycles. The van der Waals surface area contributed by atoms with Crippen LogP contribution in [0.3, 0.4) is 0 Å². The zero-order valence-corrected chi connectivity index (χ0v) is 12.9. The number of anilines is 1. The van der Waals surface area contributed by atoms with Gasteiger partial charge in [0.2, 0.25) is 0 Å². The predicted octanol–water partition coefficient (Wildman–Crippen LogP) is 2.45. The number of carbonyl (C=O) groups excluding carboxylic acids is 2. The summed E-state index contributed by atoms with van der Waals surface area (Å²) < 4.78 is 9.26. The average molecular weight is 291 g/mol. The lowest BCUT2D eigenvalue weighted by Gasteiger charge is -2.16. The molecule has 1 aromatic rings. The molecule has 1 N–H and O–H groups in total. The first-order valence-corrected chi connectivity index (χ1v) is 6.83. The lowest BCUT2D eigenvalue weighted by atomic mass is 10.0. The minimum Gasteiger partial charge on any atom is -0.466 e. The average Bonchev–Trinajstić information content (AvgIpc) is 2.53. The van der Waals surface area contributed by atoms with Crippen molar-refractivity contribution in [3.63, 3.8) is 0 Å². The third kappa shape index (κ3) is 4.34. The summed E-state index contributed by atoms with van der Waals surface area (Å²) in [6, 6.07) is 5.94. The molecule has 21 heavy (non-hydrogen) atoms. The predicted molar refractivity (Wildman–Crippen MR) is 80.9 cm³/mol. The number of para-hydroxylation sites is 1. The van der Waals surface area contributed by atoms with Crippen molar-refractivity contribution in [2.75, 3.05) is 19.5 Å². The number of esters is 2. The number of hydrogen-bond donors (Lipinski definition) is 1. The third-order valence-corrected chi connectivity index (χ3v) is 3.13. The van der Waals surface area contributed by atoms with Crippen molar-refractivity contribution in [2.24, 2.45) is 0 Å². The maximum absolute atomic E-state index is 11.8. The molecule has 0 unspecified atom stereocenters. The normalized spacial score (nSPS) is 11.0. The Morgan fingerprint density at radius 3 is 2.10 bits per heavy atom. The summed E-state index contributed by atoms with van der Waals surface area (Å²) in [6.45, 7) is 4.06. The molecule has 0 radical (unpaired) electrons. The molecule has 1 rings (SSSR count). The molecule has 114 valence electrons. The van der Waals surface area contributed by atoms with Gasteiger partial charge in [-0.15, -0.1) is 0 Å². The number of methoxy groups -OCH3 is 2. The highest BCUT2D eigenvalue weighted by molar-refractivity contribution is 5.99. The van der Waals surface area contributed by atoms with Crippen LogP contribution in [0.2, 0.25) is 0 Å². The molecule has 0 atom stereocenters. The summed E-state index contributed by atoms with van der Waals surface area (Å²) in [6.07, 6.45) is 2.71. The van der Waals surface area contributed by atoms with E-state index in [0.29, 0.717) is 0 Å². The van der Waals surface area contributed by atoms with Crippen molar-refractivity contribution < 1.29 is 19.1 Å². The molecule has 5 heteroatoms. The van der Waals surface area contributed by atoms with Crippen LogP contribution in [0.1, 0.15) is 25.0 Å². The molecule has 0 saturated carbocycles. The Labute approximate surface area is 124 Å². The topological polar surface area (TPSA) is 64.6 Å². The number of hydrogen-bond acceptors (Lipinski definition) is 5. The zero-order chi connectivity index (χ0) is 15.8. The smallest absolute Gasteiger partial charge is 0.354 e.